The maximum atomic E-state index is 13.6. The number of hydrogen-bond donors (Lipinski definition) is 3. The SMILES string of the molecule is CC(=N)C(C(=O)Nc1cccc(C(C)(F)F)c1)C(=O)Nc1ccc(OC(F)F)c(-c2nnc(C)o2)c1. The molecule has 0 aliphatic rings. The van der Waals surface area contributed by atoms with Crippen molar-refractivity contribution in [1.29, 1.82) is 5.41 Å². The average molecular weight is 507 g/mol. The lowest BCUT2D eigenvalue weighted by Gasteiger charge is -2.18. The molecule has 0 fully saturated rings. The fourth-order valence-corrected chi connectivity index (χ4v) is 3.19. The first kappa shape index (κ1) is 26.3. The van der Waals surface area contributed by atoms with Crippen LogP contribution < -0.4 is 15.4 Å². The molecule has 190 valence electrons. The van der Waals surface area contributed by atoms with Gasteiger partial charge in [-0.15, -0.1) is 10.2 Å². The highest BCUT2D eigenvalue weighted by atomic mass is 19.3. The Morgan fingerprint density at radius 3 is 2.22 bits per heavy atom. The van der Waals surface area contributed by atoms with Crippen LogP contribution in [-0.4, -0.2) is 34.3 Å². The van der Waals surface area contributed by atoms with Gasteiger partial charge in [-0.2, -0.15) is 8.78 Å². The fourth-order valence-electron chi connectivity index (χ4n) is 3.19. The molecular weight excluding hydrogens is 486 g/mol. The van der Waals surface area contributed by atoms with Gasteiger partial charge in [0.15, 0.2) is 5.92 Å². The number of benzene rings is 2. The fraction of sp³-hybridized carbons (Fsp3) is 0.261. The van der Waals surface area contributed by atoms with Crippen LogP contribution >= 0.6 is 0 Å². The zero-order valence-corrected chi connectivity index (χ0v) is 19.2. The minimum absolute atomic E-state index is 0.0145. The average Bonchev–Trinajstić information content (AvgIpc) is 3.20. The van der Waals surface area contributed by atoms with Crippen LogP contribution in [0, 0.1) is 18.3 Å². The molecule has 2 aromatic carbocycles. The first-order valence-electron chi connectivity index (χ1n) is 10.4. The second kappa shape index (κ2) is 10.5. The summed E-state index contributed by atoms with van der Waals surface area (Å²) in [4.78, 5) is 25.7. The highest BCUT2D eigenvalue weighted by molar-refractivity contribution is 6.24. The normalized spacial score (nSPS) is 12.2. The third-order valence-corrected chi connectivity index (χ3v) is 4.81. The van der Waals surface area contributed by atoms with Crippen molar-refractivity contribution in [3.05, 3.63) is 53.9 Å². The van der Waals surface area contributed by atoms with E-state index in [2.05, 4.69) is 25.6 Å². The number of rotatable bonds is 9. The van der Waals surface area contributed by atoms with Gasteiger partial charge in [-0.05, 0) is 37.3 Å². The molecule has 3 N–H and O–H groups in total. The number of nitrogens with one attached hydrogen (secondary N) is 3. The minimum atomic E-state index is -3.15. The van der Waals surface area contributed by atoms with Crippen LogP contribution in [0.5, 0.6) is 5.75 Å². The molecule has 3 aromatic rings. The molecule has 0 aliphatic heterocycles. The van der Waals surface area contributed by atoms with Crippen molar-refractivity contribution in [2.45, 2.75) is 33.3 Å². The van der Waals surface area contributed by atoms with Crippen molar-refractivity contribution < 1.29 is 36.3 Å². The Balaban J connectivity index is 1.84. The summed E-state index contributed by atoms with van der Waals surface area (Å²) in [6, 6.07) is 8.53. The first-order valence-corrected chi connectivity index (χ1v) is 10.4. The van der Waals surface area contributed by atoms with Crippen molar-refractivity contribution in [3.63, 3.8) is 0 Å². The number of halogens is 4. The third-order valence-electron chi connectivity index (χ3n) is 4.81. The monoisotopic (exact) mass is 507 g/mol. The van der Waals surface area contributed by atoms with E-state index in [4.69, 9.17) is 9.83 Å². The van der Waals surface area contributed by atoms with E-state index in [9.17, 15) is 27.2 Å². The van der Waals surface area contributed by atoms with Crippen LogP contribution in [0.1, 0.15) is 25.3 Å². The van der Waals surface area contributed by atoms with Crippen LogP contribution in [-0.2, 0) is 15.5 Å². The van der Waals surface area contributed by atoms with Gasteiger partial charge in [-0.3, -0.25) is 9.59 Å². The molecule has 0 radical (unpaired) electrons. The Bertz CT molecular complexity index is 1290. The van der Waals surface area contributed by atoms with E-state index in [1.54, 1.807) is 0 Å². The van der Waals surface area contributed by atoms with Crippen LogP contribution in [0.15, 0.2) is 46.9 Å². The van der Waals surface area contributed by atoms with Gasteiger partial charge in [0.1, 0.15) is 5.75 Å². The molecule has 36 heavy (non-hydrogen) atoms. The lowest BCUT2D eigenvalue weighted by molar-refractivity contribution is -0.126. The molecule has 9 nitrogen and oxygen atoms in total. The van der Waals surface area contributed by atoms with Crippen molar-refractivity contribution in [1.82, 2.24) is 10.2 Å². The quantitative estimate of drug-likeness (QED) is 0.213. The minimum Gasteiger partial charge on any atom is -0.434 e. The number of amides is 2. The topological polar surface area (TPSA) is 130 Å². The summed E-state index contributed by atoms with van der Waals surface area (Å²) in [6.45, 7) is 0.275. The van der Waals surface area contributed by atoms with Crippen LogP contribution in [0.3, 0.4) is 0 Å². The number of alkyl halides is 4. The standard InChI is InChI=1S/C23H21F4N5O4/c1-11(28)18(19(33)29-14-6-4-5-13(9-14)23(3,26)27)20(34)30-15-7-8-17(36-22(24)25)16(10-15)21-32-31-12(2)35-21/h4-10,18,22,28H,1-3H3,(H,29,33)(H,30,34). The van der Waals surface area contributed by atoms with E-state index in [-0.39, 0.29) is 45.7 Å². The Hall–Kier alpha value is -4.29. The molecule has 1 aromatic heterocycles. The third kappa shape index (κ3) is 6.43. The van der Waals surface area contributed by atoms with Gasteiger partial charge in [0.25, 0.3) is 11.8 Å². The molecule has 0 saturated heterocycles. The van der Waals surface area contributed by atoms with Gasteiger partial charge >= 0.3 is 6.61 Å². The van der Waals surface area contributed by atoms with E-state index >= 15 is 0 Å². The zero-order chi connectivity index (χ0) is 26.6. The molecule has 0 saturated carbocycles. The van der Waals surface area contributed by atoms with Gasteiger partial charge in [0.05, 0.1) is 5.56 Å². The smallest absolute Gasteiger partial charge is 0.387 e. The van der Waals surface area contributed by atoms with Gasteiger partial charge in [-0.25, -0.2) is 8.78 Å². The molecular formula is C23H21F4N5O4. The lowest BCUT2D eigenvalue weighted by Crippen LogP contribution is -2.38. The summed E-state index contributed by atoms with van der Waals surface area (Å²) in [5.41, 5.74) is -0.645. The van der Waals surface area contributed by atoms with E-state index in [0.29, 0.717) is 6.92 Å². The first-order chi connectivity index (χ1) is 16.8. The number of aryl methyl sites for hydroxylation is 1. The summed E-state index contributed by atoms with van der Waals surface area (Å²) in [7, 11) is 0. The van der Waals surface area contributed by atoms with Crippen molar-refractivity contribution in [3.8, 4) is 17.2 Å². The van der Waals surface area contributed by atoms with Gasteiger partial charge in [0, 0.05) is 36.5 Å². The Morgan fingerprint density at radius 2 is 1.69 bits per heavy atom. The second-order valence-electron chi connectivity index (χ2n) is 7.78. The Morgan fingerprint density at radius 1 is 1.06 bits per heavy atom. The molecule has 0 aliphatic carbocycles. The van der Waals surface area contributed by atoms with Crippen LogP contribution in [0.4, 0.5) is 28.9 Å². The zero-order valence-electron chi connectivity index (χ0n) is 19.2. The number of carbonyl (C=O) groups is 2. The number of ether oxygens (including phenoxy) is 1. The van der Waals surface area contributed by atoms with Gasteiger partial charge in [0.2, 0.25) is 17.7 Å². The summed E-state index contributed by atoms with van der Waals surface area (Å²) >= 11 is 0. The van der Waals surface area contributed by atoms with Crippen LogP contribution in [0.2, 0.25) is 0 Å². The van der Waals surface area contributed by atoms with Crippen molar-refractivity contribution >= 4 is 28.9 Å². The molecule has 0 bridgehead atoms. The highest BCUT2D eigenvalue weighted by Crippen LogP contribution is 2.33. The predicted octanol–water partition coefficient (Wildman–Crippen LogP) is 4.99. The Labute approximate surface area is 202 Å². The summed E-state index contributed by atoms with van der Waals surface area (Å²) < 4.78 is 62.6. The summed E-state index contributed by atoms with van der Waals surface area (Å²) in [5.74, 6) is -6.91. The van der Waals surface area contributed by atoms with E-state index < -0.39 is 30.3 Å². The number of nitrogens with zero attached hydrogens (tertiary/aromatic N) is 2. The second-order valence-corrected chi connectivity index (χ2v) is 7.78. The molecule has 0 spiro atoms. The number of carbonyl (C=O) groups excluding carboxylic acids is 2. The molecule has 1 heterocycles. The summed E-state index contributed by atoms with van der Waals surface area (Å²) in [5, 5.41) is 20.1. The maximum Gasteiger partial charge on any atom is 0.387 e. The largest absolute Gasteiger partial charge is 0.434 e. The van der Waals surface area contributed by atoms with Gasteiger partial charge < -0.3 is 25.2 Å². The lowest BCUT2D eigenvalue weighted by atomic mass is 10.0. The molecule has 1 atom stereocenters. The Kier molecular flexibility index (Phi) is 7.71. The maximum absolute atomic E-state index is 13.6. The predicted molar refractivity (Wildman–Crippen MR) is 121 cm³/mol. The molecule has 3 rings (SSSR count). The molecule has 13 heteroatoms. The van der Waals surface area contributed by atoms with Gasteiger partial charge in [-0.1, -0.05) is 12.1 Å². The van der Waals surface area contributed by atoms with Crippen molar-refractivity contribution in [2.24, 2.45) is 5.92 Å². The van der Waals surface area contributed by atoms with Crippen molar-refractivity contribution in [2.75, 3.05) is 10.6 Å². The molecule has 1 unspecified atom stereocenters. The van der Waals surface area contributed by atoms with Crippen LogP contribution in [0.25, 0.3) is 11.5 Å². The van der Waals surface area contributed by atoms with E-state index in [1.807, 2.05) is 0 Å². The van der Waals surface area contributed by atoms with E-state index in [1.165, 1.54) is 44.2 Å². The van der Waals surface area contributed by atoms with E-state index in [0.717, 1.165) is 12.1 Å². The number of aromatic nitrogens is 2. The summed E-state index contributed by atoms with van der Waals surface area (Å²) in [6.07, 6.45) is 0. The molecule has 2 amide bonds. The number of anilines is 2. The number of hydrogen-bond acceptors (Lipinski definition) is 7. The highest BCUT2D eigenvalue weighted by Gasteiger charge is 2.30.